The Bertz CT molecular complexity index is 1000. The van der Waals surface area contributed by atoms with Crippen LogP contribution in [0, 0.1) is 11.8 Å². The topological polar surface area (TPSA) is 108 Å². The Morgan fingerprint density at radius 2 is 1.78 bits per heavy atom. The molecule has 1 aromatic carbocycles. The highest BCUT2D eigenvalue weighted by molar-refractivity contribution is 5.99. The maximum atomic E-state index is 13.5. The highest BCUT2D eigenvalue weighted by atomic mass is 19.4. The fourth-order valence-electron chi connectivity index (χ4n) is 4.42. The lowest BCUT2D eigenvalue weighted by Crippen LogP contribution is -2.54. The second-order valence-electron chi connectivity index (χ2n) is 8.29. The van der Waals surface area contributed by atoms with E-state index in [9.17, 15) is 37.8 Å². The molecule has 0 saturated carbocycles. The molecular formula is C22H22F3NO6. The van der Waals surface area contributed by atoms with Crippen LogP contribution in [0.4, 0.5) is 13.2 Å². The van der Waals surface area contributed by atoms with Crippen molar-refractivity contribution in [3.05, 3.63) is 59.5 Å². The van der Waals surface area contributed by atoms with Crippen molar-refractivity contribution in [1.82, 2.24) is 4.90 Å². The molecule has 32 heavy (non-hydrogen) atoms. The van der Waals surface area contributed by atoms with Gasteiger partial charge in [-0.2, -0.15) is 13.2 Å². The molecule has 1 amide bonds. The van der Waals surface area contributed by atoms with Crippen LogP contribution in [0.3, 0.4) is 0 Å². The van der Waals surface area contributed by atoms with E-state index in [1.807, 2.05) is 0 Å². The van der Waals surface area contributed by atoms with Gasteiger partial charge in [0, 0.05) is 5.56 Å². The molecule has 1 aliphatic heterocycles. The van der Waals surface area contributed by atoms with E-state index in [0.29, 0.717) is 0 Å². The molecule has 172 valence electrons. The standard InChI is InChI=1S/C22H22F3NO6/c1-12(2)10-21(20(30)31)11-15(19(28)29)17(16-4-3-9-32-16)26(21)18(27)13-5-7-14(8-6-13)22(23,24)25/h3-9,12,15,17H,10-11H2,1-2H3,(H,28,29)(H,30,31)/t15-,17+,21-/m0/s1. The largest absolute Gasteiger partial charge is 0.481 e. The Balaban J connectivity index is 2.17. The number of carboxylic acid groups (broad SMARTS) is 2. The van der Waals surface area contributed by atoms with E-state index in [0.717, 1.165) is 29.2 Å². The number of halogens is 3. The number of alkyl halides is 3. The molecule has 0 aliphatic carbocycles. The van der Waals surface area contributed by atoms with Gasteiger partial charge < -0.3 is 19.5 Å². The zero-order chi connectivity index (χ0) is 23.8. The van der Waals surface area contributed by atoms with E-state index in [4.69, 9.17) is 4.42 Å². The fraction of sp³-hybridized carbons (Fsp3) is 0.409. The predicted octanol–water partition coefficient (Wildman–Crippen LogP) is 4.46. The molecular weight excluding hydrogens is 431 g/mol. The number of carboxylic acids is 2. The van der Waals surface area contributed by atoms with Gasteiger partial charge in [-0.05, 0) is 55.2 Å². The first-order chi connectivity index (χ1) is 14.9. The minimum absolute atomic E-state index is 0.0459. The summed E-state index contributed by atoms with van der Waals surface area (Å²) in [5.41, 5.74) is -3.03. The summed E-state index contributed by atoms with van der Waals surface area (Å²) in [5, 5.41) is 20.0. The number of nitrogens with zero attached hydrogens (tertiary/aromatic N) is 1. The average Bonchev–Trinajstić information content (AvgIpc) is 3.33. The van der Waals surface area contributed by atoms with Crippen molar-refractivity contribution < 1.29 is 42.2 Å². The van der Waals surface area contributed by atoms with Crippen molar-refractivity contribution in [1.29, 1.82) is 0 Å². The lowest BCUT2D eigenvalue weighted by Gasteiger charge is -2.38. The average molecular weight is 453 g/mol. The summed E-state index contributed by atoms with van der Waals surface area (Å²) in [5.74, 6) is -4.99. The van der Waals surface area contributed by atoms with E-state index in [1.54, 1.807) is 13.8 Å². The van der Waals surface area contributed by atoms with Crippen LogP contribution >= 0.6 is 0 Å². The van der Waals surface area contributed by atoms with Crippen LogP contribution in [-0.4, -0.2) is 38.5 Å². The van der Waals surface area contributed by atoms with E-state index in [-0.39, 0.29) is 30.1 Å². The summed E-state index contributed by atoms with van der Waals surface area (Å²) in [6, 6.07) is 5.06. The van der Waals surface area contributed by atoms with Gasteiger partial charge in [-0.3, -0.25) is 9.59 Å². The maximum Gasteiger partial charge on any atom is 0.416 e. The Morgan fingerprint density at radius 1 is 1.16 bits per heavy atom. The molecule has 10 heteroatoms. The molecule has 3 rings (SSSR count). The number of furan rings is 1. The van der Waals surface area contributed by atoms with Crippen LogP contribution in [0.25, 0.3) is 0 Å². The SMILES string of the molecule is CC(C)C[C@@]1(C(=O)O)C[C@H](C(=O)O)[C@H](c2ccco2)N1C(=O)c1ccc(C(F)(F)F)cc1. The van der Waals surface area contributed by atoms with Crippen molar-refractivity contribution in [3.63, 3.8) is 0 Å². The third kappa shape index (κ3) is 4.09. The Morgan fingerprint density at radius 3 is 2.22 bits per heavy atom. The minimum Gasteiger partial charge on any atom is -0.481 e. The second-order valence-corrected chi connectivity index (χ2v) is 8.29. The molecule has 2 heterocycles. The number of rotatable bonds is 6. The van der Waals surface area contributed by atoms with Crippen LogP contribution in [0.5, 0.6) is 0 Å². The fourth-order valence-corrected chi connectivity index (χ4v) is 4.42. The van der Waals surface area contributed by atoms with Gasteiger partial charge in [0.2, 0.25) is 0 Å². The molecule has 2 N–H and O–H groups in total. The zero-order valence-electron chi connectivity index (χ0n) is 17.3. The number of carbonyl (C=O) groups is 3. The Hall–Kier alpha value is -3.30. The molecule has 0 spiro atoms. The third-order valence-corrected chi connectivity index (χ3v) is 5.65. The minimum atomic E-state index is -4.61. The van der Waals surface area contributed by atoms with E-state index < -0.39 is 47.1 Å². The van der Waals surface area contributed by atoms with E-state index >= 15 is 0 Å². The number of hydrogen-bond donors (Lipinski definition) is 2. The second kappa shape index (κ2) is 8.33. The number of hydrogen-bond acceptors (Lipinski definition) is 4. The van der Waals surface area contributed by atoms with Crippen molar-refractivity contribution in [3.8, 4) is 0 Å². The van der Waals surface area contributed by atoms with Crippen LogP contribution in [0.2, 0.25) is 0 Å². The molecule has 0 radical (unpaired) electrons. The molecule has 3 atom stereocenters. The van der Waals surface area contributed by atoms with Gasteiger partial charge in [0.25, 0.3) is 5.91 Å². The summed E-state index contributed by atoms with van der Waals surface area (Å²) in [6.45, 7) is 3.48. The monoisotopic (exact) mass is 453 g/mol. The van der Waals surface area contributed by atoms with Crippen LogP contribution in [-0.2, 0) is 15.8 Å². The van der Waals surface area contributed by atoms with Gasteiger partial charge in [-0.1, -0.05) is 13.8 Å². The predicted molar refractivity (Wildman–Crippen MR) is 105 cm³/mol. The van der Waals surface area contributed by atoms with E-state index in [2.05, 4.69) is 0 Å². The summed E-state index contributed by atoms with van der Waals surface area (Å²) in [6.07, 6.45) is -3.75. The van der Waals surface area contributed by atoms with Crippen LogP contribution in [0.1, 0.15) is 54.4 Å². The first-order valence-electron chi connectivity index (χ1n) is 9.89. The van der Waals surface area contributed by atoms with Gasteiger partial charge in [0.1, 0.15) is 17.3 Å². The normalized spacial score (nSPS) is 23.5. The maximum absolute atomic E-state index is 13.5. The van der Waals surface area contributed by atoms with Gasteiger partial charge in [-0.25, -0.2) is 4.79 Å². The number of amides is 1. The smallest absolute Gasteiger partial charge is 0.416 e. The van der Waals surface area contributed by atoms with Crippen LogP contribution in [0.15, 0.2) is 47.1 Å². The highest BCUT2D eigenvalue weighted by Gasteiger charge is 2.61. The summed E-state index contributed by atoms with van der Waals surface area (Å²) < 4.78 is 44.2. The van der Waals surface area contributed by atoms with Crippen molar-refractivity contribution >= 4 is 17.8 Å². The first-order valence-corrected chi connectivity index (χ1v) is 9.89. The van der Waals surface area contributed by atoms with Crippen molar-refractivity contribution in [2.75, 3.05) is 0 Å². The summed E-state index contributed by atoms with van der Waals surface area (Å²) in [7, 11) is 0. The Kier molecular flexibility index (Phi) is 6.08. The summed E-state index contributed by atoms with van der Waals surface area (Å²) >= 11 is 0. The molecule has 0 unspecified atom stereocenters. The number of likely N-dealkylation sites (tertiary alicyclic amines) is 1. The number of carbonyl (C=O) groups excluding carboxylic acids is 1. The third-order valence-electron chi connectivity index (χ3n) is 5.65. The first kappa shape index (κ1) is 23.4. The zero-order valence-corrected chi connectivity index (χ0v) is 17.3. The molecule has 1 aromatic heterocycles. The number of aliphatic carboxylic acids is 2. The molecule has 1 aliphatic rings. The van der Waals surface area contributed by atoms with Gasteiger partial charge in [0.15, 0.2) is 0 Å². The molecule has 1 saturated heterocycles. The lowest BCUT2D eigenvalue weighted by molar-refractivity contribution is -0.150. The molecule has 2 aromatic rings. The summed E-state index contributed by atoms with van der Waals surface area (Å²) in [4.78, 5) is 39.1. The lowest BCUT2D eigenvalue weighted by atomic mass is 9.83. The molecule has 7 nitrogen and oxygen atoms in total. The van der Waals surface area contributed by atoms with Gasteiger partial charge in [-0.15, -0.1) is 0 Å². The number of benzene rings is 1. The van der Waals surface area contributed by atoms with Crippen molar-refractivity contribution in [2.24, 2.45) is 11.8 Å². The van der Waals surface area contributed by atoms with E-state index in [1.165, 1.54) is 18.4 Å². The van der Waals surface area contributed by atoms with Crippen molar-refractivity contribution in [2.45, 2.75) is 44.4 Å². The molecule has 0 bridgehead atoms. The van der Waals surface area contributed by atoms with Gasteiger partial charge in [0.05, 0.1) is 17.7 Å². The Labute approximate surface area is 181 Å². The highest BCUT2D eigenvalue weighted by Crippen LogP contribution is 2.50. The molecule has 1 fully saturated rings. The van der Waals surface area contributed by atoms with Gasteiger partial charge >= 0.3 is 18.1 Å². The van der Waals surface area contributed by atoms with Crippen LogP contribution < -0.4 is 0 Å². The quantitative estimate of drug-likeness (QED) is 0.669.